The summed E-state index contributed by atoms with van der Waals surface area (Å²) in [4.78, 5) is 0. The summed E-state index contributed by atoms with van der Waals surface area (Å²) in [6.07, 6.45) is 0. The molecule has 0 heterocycles. The van der Waals surface area contributed by atoms with Crippen molar-refractivity contribution >= 4 is 26.7 Å². The van der Waals surface area contributed by atoms with Gasteiger partial charge in [0, 0.05) is 12.5 Å². The van der Waals surface area contributed by atoms with Gasteiger partial charge in [-0.3, -0.25) is 0 Å². The Morgan fingerprint density at radius 3 is 2.78 bits per heavy atom. The van der Waals surface area contributed by atoms with Crippen molar-refractivity contribution in [1.82, 2.24) is 5.32 Å². The SMILES string of the molecule is CNCC(C)COc1ccc2ccccc2c1Br. The highest BCUT2D eigenvalue weighted by atomic mass is 79.9. The third kappa shape index (κ3) is 3.03. The molecule has 0 aliphatic heterocycles. The van der Waals surface area contributed by atoms with E-state index >= 15 is 0 Å². The third-order valence-corrected chi connectivity index (χ3v) is 3.72. The van der Waals surface area contributed by atoms with Crippen molar-refractivity contribution in [3.8, 4) is 5.75 Å². The first-order chi connectivity index (χ1) is 8.72. The lowest BCUT2D eigenvalue weighted by Gasteiger charge is -2.14. The van der Waals surface area contributed by atoms with Crippen LogP contribution >= 0.6 is 15.9 Å². The molecule has 0 bridgehead atoms. The molecular weight excluding hydrogens is 290 g/mol. The van der Waals surface area contributed by atoms with Crippen molar-refractivity contribution in [3.05, 3.63) is 40.9 Å². The monoisotopic (exact) mass is 307 g/mol. The molecule has 2 aromatic carbocycles. The van der Waals surface area contributed by atoms with E-state index in [1.165, 1.54) is 10.8 Å². The number of ether oxygens (including phenoxy) is 1. The molecule has 18 heavy (non-hydrogen) atoms. The summed E-state index contributed by atoms with van der Waals surface area (Å²) >= 11 is 3.63. The van der Waals surface area contributed by atoms with Gasteiger partial charge in [-0.25, -0.2) is 0 Å². The summed E-state index contributed by atoms with van der Waals surface area (Å²) in [5.41, 5.74) is 0. The van der Waals surface area contributed by atoms with E-state index in [4.69, 9.17) is 4.74 Å². The van der Waals surface area contributed by atoms with Crippen molar-refractivity contribution in [1.29, 1.82) is 0 Å². The van der Waals surface area contributed by atoms with Gasteiger partial charge < -0.3 is 10.1 Å². The minimum atomic E-state index is 0.494. The van der Waals surface area contributed by atoms with Gasteiger partial charge in [-0.15, -0.1) is 0 Å². The van der Waals surface area contributed by atoms with Crippen LogP contribution in [0.2, 0.25) is 0 Å². The van der Waals surface area contributed by atoms with Crippen molar-refractivity contribution in [3.63, 3.8) is 0 Å². The van der Waals surface area contributed by atoms with E-state index in [0.717, 1.165) is 23.4 Å². The average molecular weight is 308 g/mol. The van der Waals surface area contributed by atoms with Crippen LogP contribution in [-0.2, 0) is 0 Å². The quantitative estimate of drug-likeness (QED) is 0.906. The van der Waals surface area contributed by atoms with Crippen molar-refractivity contribution in [2.24, 2.45) is 5.92 Å². The summed E-state index contributed by atoms with van der Waals surface area (Å²) in [7, 11) is 1.96. The summed E-state index contributed by atoms with van der Waals surface area (Å²) in [6, 6.07) is 12.4. The van der Waals surface area contributed by atoms with Gasteiger partial charge in [-0.05, 0) is 39.8 Å². The maximum Gasteiger partial charge on any atom is 0.134 e. The normalized spacial score (nSPS) is 12.6. The van der Waals surface area contributed by atoms with Crippen LogP contribution in [0.4, 0.5) is 0 Å². The fourth-order valence-corrected chi connectivity index (χ4v) is 2.57. The summed E-state index contributed by atoms with van der Waals surface area (Å²) in [5, 5.41) is 5.57. The van der Waals surface area contributed by atoms with Crippen molar-refractivity contribution in [2.45, 2.75) is 6.92 Å². The van der Waals surface area contributed by atoms with Crippen LogP contribution in [0.15, 0.2) is 40.9 Å². The molecule has 2 aromatic rings. The second kappa shape index (κ2) is 6.21. The van der Waals surface area contributed by atoms with E-state index in [-0.39, 0.29) is 0 Å². The molecule has 3 heteroatoms. The van der Waals surface area contributed by atoms with E-state index in [2.05, 4.69) is 46.4 Å². The van der Waals surface area contributed by atoms with Gasteiger partial charge in [-0.1, -0.05) is 37.3 Å². The van der Waals surface area contributed by atoms with Crippen LogP contribution < -0.4 is 10.1 Å². The summed E-state index contributed by atoms with van der Waals surface area (Å²) < 4.78 is 6.91. The highest BCUT2D eigenvalue weighted by Crippen LogP contribution is 2.33. The zero-order chi connectivity index (χ0) is 13.0. The first-order valence-corrected chi connectivity index (χ1v) is 6.96. The molecule has 2 rings (SSSR count). The maximum atomic E-state index is 5.87. The molecule has 96 valence electrons. The maximum absolute atomic E-state index is 5.87. The first kappa shape index (κ1) is 13.4. The predicted octanol–water partition coefficient (Wildman–Crippen LogP) is 3.84. The number of benzene rings is 2. The Labute approximate surface area is 116 Å². The minimum absolute atomic E-state index is 0.494. The highest BCUT2D eigenvalue weighted by molar-refractivity contribution is 9.10. The Morgan fingerprint density at radius 1 is 1.22 bits per heavy atom. The van der Waals surface area contributed by atoms with Crippen LogP contribution in [0.5, 0.6) is 5.75 Å². The smallest absolute Gasteiger partial charge is 0.134 e. The molecule has 0 radical (unpaired) electrons. The van der Waals surface area contributed by atoms with Crippen molar-refractivity contribution in [2.75, 3.05) is 20.2 Å². The second-order valence-electron chi connectivity index (χ2n) is 4.57. The molecular formula is C15H18BrNO. The minimum Gasteiger partial charge on any atom is -0.492 e. The molecule has 2 nitrogen and oxygen atoms in total. The van der Waals surface area contributed by atoms with Crippen LogP contribution in [0, 0.1) is 5.92 Å². The zero-order valence-corrected chi connectivity index (χ0v) is 12.3. The van der Waals surface area contributed by atoms with Gasteiger partial charge >= 0.3 is 0 Å². The number of nitrogens with one attached hydrogen (secondary N) is 1. The van der Waals surface area contributed by atoms with Gasteiger partial charge in [0.1, 0.15) is 5.75 Å². The fraction of sp³-hybridized carbons (Fsp3) is 0.333. The van der Waals surface area contributed by atoms with Gasteiger partial charge in [-0.2, -0.15) is 0 Å². The molecule has 0 spiro atoms. The first-order valence-electron chi connectivity index (χ1n) is 6.17. The Bertz CT molecular complexity index is 527. The second-order valence-corrected chi connectivity index (χ2v) is 5.37. The van der Waals surface area contributed by atoms with Crippen LogP contribution in [0.3, 0.4) is 0 Å². The van der Waals surface area contributed by atoms with E-state index < -0.39 is 0 Å². The molecule has 0 aliphatic rings. The summed E-state index contributed by atoms with van der Waals surface area (Å²) in [5.74, 6) is 1.41. The fourth-order valence-electron chi connectivity index (χ4n) is 1.96. The van der Waals surface area contributed by atoms with Crippen LogP contribution in [0.1, 0.15) is 6.92 Å². The Balaban J connectivity index is 2.16. The van der Waals surface area contributed by atoms with Crippen molar-refractivity contribution < 1.29 is 4.74 Å². The third-order valence-electron chi connectivity index (χ3n) is 2.90. The summed E-state index contributed by atoms with van der Waals surface area (Å²) in [6.45, 7) is 3.86. The lowest BCUT2D eigenvalue weighted by molar-refractivity contribution is 0.257. The molecule has 1 N–H and O–H groups in total. The van der Waals surface area contributed by atoms with E-state index in [9.17, 15) is 0 Å². The molecule has 1 unspecified atom stereocenters. The Morgan fingerprint density at radius 2 is 2.00 bits per heavy atom. The topological polar surface area (TPSA) is 21.3 Å². The lowest BCUT2D eigenvalue weighted by Crippen LogP contribution is -2.21. The Kier molecular flexibility index (Phi) is 4.61. The molecule has 0 amide bonds. The van der Waals surface area contributed by atoms with Gasteiger partial charge in [0.2, 0.25) is 0 Å². The average Bonchev–Trinajstić information content (AvgIpc) is 2.39. The van der Waals surface area contributed by atoms with Gasteiger partial charge in [0.15, 0.2) is 0 Å². The van der Waals surface area contributed by atoms with Gasteiger partial charge in [0.05, 0.1) is 11.1 Å². The number of fused-ring (bicyclic) bond motifs is 1. The molecule has 0 saturated carbocycles. The molecule has 0 aromatic heterocycles. The number of rotatable bonds is 5. The van der Waals surface area contributed by atoms with E-state index in [0.29, 0.717) is 5.92 Å². The van der Waals surface area contributed by atoms with Crippen LogP contribution in [0.25, 0.3) is 10.8 Å². The number of hydrogen-bond donors (Lipinski definition) is 1. The predicted molar refractivity (Wildman–Crippen MR) is 80.2 cm³/mol. The Hall–Kier alpha value is -1.06. The zero-order valence-electron chi connectivity index (χ0n) is 10.7. The molecule has 0 fully saturated rings. The lowest BCUT2D eigenvalue weighted by atomic mass is 10.1. The van der Waals surface area contributed by atoms with E-state index in [1.54, 1.807) is 0 Å². The number of hydrogen-bond acceptors (Lipinski definition) is 2. The van der Waals surface area contributed by atoms with Crippen LogP contribution in [-0.4, -0.2) is 20.2 Å². The molecule has 1 atom stereocenters. The standard InChI is InChI=1S/C15H18BrNO/c1-11(9-17-2)10-18-14-8-7-12-5-3-4-6-13(12)15(14)16/h3-8,11,17H,9-10H2,1-2H3. The van der Waals surface area contributed by atoms with E-state index in [1.807, 2.05) is 25.2 Å². The molecule has 0 saturated heterocycles. The largest absolute Gasteiger partial charge is 0.492 e. The van der Waals surface area contributed by atoms with Gasteiger partial charge in [0.25, 0.3) is 0 Å². The highest BCUT2D eigenvalue weighted by Gasteiger charge is 2.07. The molecule has 0 aliphatic carbocycles. The number of halogens is 1.